The summed E-state index contributed by atoms with van der Waals surface area (Å²) in [6, 6.07) is 6.36. The maximum Gasteiger partial charge on any atom is 0.305 e. The Bertz CT molecular complexity index is 592. The molecule has 1 aromatic heterocycles. The second kappa shape index (κ2) is 7.53. The Morgan fingerprint density at radius 1 is 1.24 bits per heavy atom. The molecule has 0 bridgehead atoms. The van der Waals surface area contributed by atoms with Gasteiger partial charge in [0.05, 0.1) is 4.92 Å². The van der Waals surface area contributed by atoms with Gasteiger partial charge in [0, 0.05) is 11.4 Å². The number of thioether (sulfide) groups is 1. The van der Waals surface area contributed by atoms with E-state index in [0.717, 1.165) is 17.1 Å². The van der Waals surface area contributed by atoms with E-state index in [4.69, 9.17) is 0 Å². The zero-order chi connectivity index (χ0) is 15.1. The highest BCUT2D eigenvalue weighted by Crippen LogP contribution is 2.18. The summed E-state index contributed by atoms with van der Waals surface area (Å²) in [4.78, 5) is 18.6. The van der Waals surface area contributed by atoms with Crippen LogP contribution in [-0.4, -0.2) is 27.2 Å². The molecule has 1 aromatic carbocycles. The third kappa shape index (κ3) is 4.99. The summed E-state index contributed by atoms with van der Waals surface area (Å²) in [5.74, 6) is 0.995. The van der Waals surface area contributed by atoms with Crippen LogP contribution in [0.4, 0.5) is 16.0 Å². The topological polar surface area (TPSA) is 81.0 Å². The molecule has 0 aliphatic carbocycles. The Kier molecular flexibility index (Phi) is 5.44. The first-order chi connectivity index (χ1) is 10.1. The molecule has 0 saturated carbocycles. The molecule has 2 rings (SSSR count). The van der Waals surface area contributed by atoms with Gasteiger partial charge in [-0.1, -0.05) is 0 Å². The molecule has 0 unspecified atom stereocenters. The van der Waals surface area contributed by atoms with E-state index >= 15 is 0 Å². The van der Waals surface area contributed by atoms with Gasteiger partial charge >= 0.3 is 5.69 Å². The number of hydrogen-bond donors (Lipinski definition) is 1. The number of rotatable bonds is 7. The Hall–Kier alpha value is -2.22. The second-order valence-electron chi connectivity index (χ2n) is 4.10. The summed E-state index contributed by atoms with van der Waals surface area (Å²) >= 11 is 1.63. The zero-order valence-corrected chi connectivity index (χ0v) is 11.8. The Labute approximate surface area is 125 Å². The van der Waals surface area contributed by atoms with Gasteiger partial charge < -0.3 is 5.32 Å². The van der Waals surface area contributed by atoms with E-state index in [2.05, 4.69) is 15.3 Å². The molecule has 8 heteroatoms. The summed E-state index contributed by atoms with van der Waals surface area (Å²) in [5.41, 5.74) is -0.132. The van der Waals surface area contributed by atoms with Crippen molar-refractivity contribution in [1.82, 2.24) is 9.97 Å². The van der Waals surface area contributed by atoms with Gasteiger partial charge in [-0.15, -0.1) is 11.8 Å². The van der Waals surface area contributed by atoms with E-state index in [1.165, 1.54) is 24.5 Å². The molecule has 1 heterocycles. The maximum absolute atomic E-state index is 12.7. The van der Waals surface area contributed by atoms with Crippen LogP contribution in [0.5, 0.6) is 0 Å². The number of nitrogens with zero attached hydrogens (tertiary/aromatic N) is 3. The standard InChI is InChI=1S/C13H13FN4O2S/c14-10-2-4-12(5-3-10)21-7-1-6-15-13-16-8-11(9-17-13)18(19)20/h2-5,8-9H,1,6-7H2,(H,15,16,17). The first-order valence-corrected chi connectivity index (χ1v) is 7.22. The third-order valence-corrected chi connectivity index (χ3v) is 3.63. The molecule has 21 heavy (non-hydrogen) atoms. The number of aromatic nitrogens is 2. The lowest BCUT2D eigenvalue weighted by molar-refractivity contribution is -0.385. The highest BCUT2D eigenvalue weighted by atomic mass is 32.2. The lowest BCUT2D eigenvalue weighted by Gasteiger charge is -2.04. The highest BCUT2D eigenvalue weighted by Gasteiger charge is 2.05. The molecular formula is C13H13FN4O2S. The smallest absolute Gasteiger partial charge is 0.305 e. The van der Waals surface area contributed by atoms with Crippen molar-refractivity contribution in [1.29, 1.82) is 0 Å². The molecule has 0 amide bonds. The first-order valence-electron chi connectivity index (χ1n) is 6.24. The summed E-state index contributed by atoms with van der Waals surface area (Å²) in [6.07, 6.45) is 3.20. The molecular weight excluding hydrogens is 295 g/mol. The van der Waals surface area contributed by atoms with Gasteiger partial charge in [-0.3, -0.25) is 10.1 Å². The largest absolute Gasteiger partial charge is 0.354 e. The average molecular weight is 308 g/mol. The van der Waals surface area contributed by atoms with Gasteiger partial charge in [0.25, 0.3) is 0 Å². The van der Waals surface area contributed by atoms with Crippen molar-refractivity contribution in [2.75, 3.05) is 17.6 Å². The van der Waals surface area contributed by atoms with E-state index in [0.29, 0.717) is 12.5 Å². The van der Waals surface area contributed by atoms with Gasteiger partial charge in [0.1, 0.15) is 18.2 Å². The lowest BCUT2D eigenvalue weighted by Crippen LogP contribution is -2.06. The maximum atomic E-state index is 12.7. The molecule has 0 atom stereocenters. The van der Waals surface area contributed by atoms with E-state index < -0.39 is 4.92 Å². The Balaban J connectivity index is 1.67. The fraction of sp³-hybridized carbons (Fsp3) is 0.231. The minimum absolute atomic E-state index is 0.132. The number of hydrogen-bond acceptors (Lipinski definition) is 6. The molecule has 0 fully saturated rings. The SMILES string of the molecule is O=[N+]([O-])c1cnc(NCCCSc2ccc(F)cc2)nc1. The lowest BCUT2D eigenvalue weighted by atomic mass is 10.4. The normalized spacial score (nSPS) is 10.3. The van der Waals surface area contributed by atoms with Gasteiger partial charge in [-0.2, -0.15) is 0 Å². The average Bonchev–Trinajstić information content (AvgIpc) is 2.49. The molecule has 0 spiro atoms. The van der Waals surface area contributed by atoms with Crippen LogP contribution < -0.4 is 5.32 Å². The molecule has 0 aliphatic heterocycles. The molecule has 110 valence electrons. The molecule has 0 saturated heterocycles. The first kappa shape index (κ1) is 15.2. The van der Waals surface area contributed by atoms with Crippen LogP contribution >= 0.6 is 11.8 Å². The zero-order valence-electron chi connectivity index (χ0n) is 11.0. The van der Waals surface area contributed by atoms with Crippen LogP contribution in [0.25, 0.3) is 0 Å². The van der Waals surface area contributed by atoms with E-state index in [1.807, 2.05) is 0 Å². The summed E-state index contributed by atoms with van der Waals surface area (Å²) in [6.45, 7) is 0.659. The summed E-state index contributed by atoms with van der Waals surface area (Å²) in [7, 11) is 0. The number of halogens is 1. The van der Waals surface area contributed by atoms with Gasteiger partial charge in [-0.25, -0.2) is 14.4 Å². The van der Waals surface area contributed by atoms with Crippen molar-refractivity contribution in [2.24, 2.45) is 0 Å². The van der Waals surface area contributed by atoms with Crippen molar-refractivity contribution in [3.05, 3.63) is 52.6 Å². The number of nitrogens with one attached hydrogen (secondary N) is 1. The van der Waals surface area contributed by atoms with Crippen molar-refractivity contribution in [2.45, 2.75) is 11.3 Å². The predicted octanol–water partition coefficient (Wildman–Crippen LogP) is 3.12. The fourth-order valence-corrected chi connectivity index (χ4v) is 2.35. The minimum Gasteiger partial charge on any atom is -0.354 e. The van der Waals surface area contributed by atoms with Gasteiger partial charge in [-0.05, 0) is 36.4 Å². The van der Waals surface area contributed by atoms with Crippen LogP contribution in [0.15, 0.2) is 41.6 Å². The van der Waals surface area contributed by atoms with Crippen LogP contribution in [0.1, 0.15) is 6.42 Å². The summed E-state index contributed by atoms with van der Waals surface area (Å²) in [5, 5.41) is 13.4. The molecule has 6 nitrogen and oxygen atoms in total. The van der Waals surface area contributed by atoms with Gasteiger partial charge in [0.15, 0.2) is 0 Å². The van der Waals surface area contributed by atoms with Crippen LogP contribution in [0.2, 0.25) is 0 Å². The van der Waals surface area contributed by atoms with Crippen LogP contribution in [0, 0.1) is 15.9 Å². The number of benzene rings is 1. The molecule has 2 aromatic rings. The molecule has 0 aliphatic rings. The number of anilines is 1. The van der Waals surface area contributed by atoms with Gasteiger partial charge in [0.2, 0.25) is 5.95 Å². The van der Waals surface area contributed by atoms with E-state index in [1.54, 1.807) is 23.9 Å². The van der Waals surface area contributed by atoms with Crippen LogP contribution in [-0.2, 0) is 0 Å². The monoisotopic (exact) mass is 308 g/mol. The van der Waals surface area contributed by atoms with Crippen molar-refractivity contribution in [3.63, 3.8) is 0 Å². The Morgan fingerprint density at radius 3 is 2.52 bits per heavy atom. The van der Waals surface area contributed by atoms with Crippen molar-refractivity contribution in [3.8, 4) is 0 Å². The summed E-state index contributed by atoms with van der Waals surface area (Å²) < 4.78 is 12.7. The minimum atomic E-state index is -0.539. The second-order valence-corrected chi connectivity index (χ2v) is 5.27. The van der Waals surface area contributed by atoms with Crippen LogP contribution in [0.3, 0.4) is 0 Å². The van der Waals surface area contributed by atoms with E-state index in [9.17, 15) is 14.5 Å². The molecule has 1 N–H and O–H groups in total. The van der Waals surface area contributed by atoms with E-state index in [-0.39, 0.29) is 11.5 Å². The highest BCUT2D eigenvalue weighted by molar-refractivity contribution is 7.99. The Morgan fingerprint density at radius 2 is 1.90 bits per heavy atom. The third-order valence-electron chi connectivity index (χ3n) is 2.54. The number of nitro groups is 1. The van der Waals surface area contributed by atoms with Crippen molar-refractivity contribution < 1.29 is 9.31 Å². The predicted molar refractivity (Wildman–Crippen MR) is 78.9 cm³/mol. The quantitative estimate of drug-likeness (QED) is 0.366. The van der Waals surface area contributed by atoms with Crippen molar-refractivity contribution >= 4 is 23.4 Å². The molecule has 0 radical (unpaired) electrons. The fourth-order valence-electron chi connectivity index (χ4n) is 1.50.